The lowest BCUT2D eigenvalue weighted by molar-refractivity contribution is 0.431. The molecule has 0 atom stereocenters. The lowest BCUT2D eigenvalue weighted by Gasteiger charge is -2.07. The Morgan fingerprint density at radius 3 is 2.58 bits per heavy atom. The molecule has 2 heterocycles. The summed E-state index contributed by atoms with van der Waals surface area (Å²) in [7, 11) is 0. The minimum absolute atomic E-state index is 0.151. The molecule has 2 aromatic carbocycles. The number of halogens is 1. The van der Waals surface area contributed by atoms with Gasteiger partial charge in [-0.05, 0) is 49.7 Å². The first-order valence-corrected chi connectivity index (χ1v) is 7.92. The molecule has 2 N–H and O–H groups in total. The quantitative estimate of drug-likeness (QED) is 0.609. The first-order valence-electron chi connectivity index (χ1n) is 7.92. The van der Waals surface area contributed by atoms with Crippen molar-refractivity contribution in [2.45, 2.75) is 13.8 Å². The summed E-state index contributed by atoms with van der Waals surface area (Å²) in [6, 6.07) is 11.7. The molecule has 0 fully saturated rings. The van der Waals surface area contributed by atoms with E-state index in [1.165, 1.54) is 16.8 Å². The number of anilines is 1. The van der Waals surface area contributed by atoms with E-state index in [1.54, 1.807) is 12.1 Å². The normalized spacial score (nSPS) is 11.0. The summed E-state index contributed by atoms with van der Waals surface area (Å²) < 4.78 is 19.8. The topological polar surface area (TPSA) is 95.6 Å². The Kier molecular flexibility index (Phi) is 3.72. The minimum atomic E-state index is -0.335. The predicted molar refractivity (Wildman–Crippen MR) is 93.9 cm³/mol. The van der Waals surface area contributed by atoms with E-state index in [4.69, 9.17) is 10.3 Å². The minimum Gasteiger partial charge on any atom is -0.382 e. The number of hydrogen-bond acceptors (Lipinski definition) is 6. The Balaban J connectivity index is 1.72. The molecule has 0 saturated heterocycles. The van der Waals surface area contributed by atoms with Crippen LogP contribution in [-0.4, -0.2) is 25.1 Å². The van der Waals surface area contributed by atoms with Gasteiger partial charge in [0.15, 0.2) is 11.5 Å². The molecule has 0 aliphatic heterocycles. The Morgan fingerprint density at radius 2 is 1.85 bits per heavy atom. The van der Waals surface area contributed by atoms with Crippen LogP contribution in [0.1, 0.15) is 11.1 Å². The first kappa shape index (κ1) is 15.9. The molecule has 8 heteroatoms. The van der Waals surface area contributed by atoms with Crippen LogP contribution < -0.4 is 5.73 Å². The van der Waals surface area contributed by atoms with E-state index in [2.05, 4.69) is 20.5 Å². The SMILES string of the molecule is Cc1ccc(-n2nnc(-c3nc(-c4ccc(F)cc4)no3)c2N)c(C)c1. The summed E-state index contributed by atoms with van der Waals surface area (Å²) in [6.45, 7) is 3.99. The highest BCUT2D eigenvalue weighted by molar-refractivity contribution is 5.66. The van der Waals surface area contributed by atoms with Crippen LogP contribution in [0.2, 0.25) is 0 Å². The van der Waals surface area contributed by atoms with E-state index in [0.29, 0.717) is 22.9 Å². The molecule has 4 rings (SSSR count). The van der Waals surface area contributed by atoms with Gasteiger partial charge in [0.1, 0.15) is 5.82 Å². The maximum absolute atomic E-state index is 13.0. The second kappa shape index (κ2) is 6.07. The molecule has 26 heavy (non-hydrogen) atoms. The zero-order valence-electron chi connectivity index (χ0n) is 14.1. The zero-order chi connectivity index (χ0) is 18.3. The molecule has 0 saturated carbocycles. The van der Waals surface area contributed by atoms with Crippen molar-refractivity contribution in [1.82, 2.24) is 25.1 Å². The molecule has 0 radical (unpaired) electrons. The Morgan fingerprint density at radius 1 is 1.08 bits per heavy atom. The Labute approximate surface area is 148 Å². The van der Waals surface area contributed by atoms with Gasteiger partial charge in [0.05, 0.1) is 5.69 Å². The van der Waals surface area contributed by atoms with E-state index >= 15 is 0 Å². The van der Waals surface area contributed by atoms with Crippen LogP contribution in [0.3, 0.4) is 0 Å². The number of benzene rings is 2. The number of rotatable bonds is 3. The zero-order valence-corrected chi connectivity index (χ0v) is 14.1. The number of aromatic nitrogens is 5. The average molecular weight is 350 g/mol. The van der Waals surface area contributed by atoms with Crippen molar-refractivity contribution in [3.63, 3.8) is 0 Å². The second-order valence-electron chi connectivity index (χ2n) is 5.96. The molecular weight excluding hydrogens is 335 g/mol. The van der Waals surface area contributed by atoms with E-state index in [0.717, 1.165) is 16.8 Å². The molecular formula is C18H15FN6O. The Hall–Kier alpha value is -3.55. The van der Waals surface area contributed by atoms with Gasteiger partial charge in [-0.3, -0.25) is 0 Å². The van der Waals surface area contributed by atoms with Gasteiger partial charge in [0.25, 0.3) is 5.89 Å². The third-order valence-electron chi connectivity index (χ3n) is 4.02. The van der Waals surface area contributed by atoms with Crippen LogP contribution in [0.4, 0.5) is 10.2 Å². The van der Waals surface area contributed by atoms with Gasteiger partial charge in [-0.15, -0.1) is 5.10 Å². The average Bonchev–Trinajstić information content (AvgIpc) is 3.23. The van der Waals surface area contributed by atoms with Crippen molar-refractivity contribution < 1.29 is 8.91 Å². The number of hydrogen-bond donors (Lipinski definition) is 1. The summed E-state index contributed by atoms with van der Waals surface area (Å²) in [5, 5.41) is 12.1. The molecule has 0 bridgehead atoms. The van der Waals surface area contributed by atoms with Crippen molar-refractivity contribution >= 4 is 5.82 Å². The highest BCUT2D eigenvalue weighted by Crippen LogP contribution is 2.27. The van der Waals surface area contributed by atoms with Gasteiger partial charge in [0, 0.05) is 5.56 Å². The maximum Gasteiger partial charge on any atom is 0.282 e. The molecule has 0 aliphatic carbocycles. The van der Waals surface area contributed by atoms with E-state index < -0.39 is 0 Å². The van der Waals surface area contributed by atoms with Gasteiger partial charge >= 0.3 is 0 Å². The highest BCUT2D eigenvalue weighted by atomic mass is 19.1. The van der Waals surface area contributed by atoms with Crippen molar-refractivity contribution in [3.05, 3.63) is 59.4 Å². The predicted octanol–water partition coefficient (Wildman–Crippen LogP) is 3.32. The summed E-state index contributed by atoms with van der Waals surface area (Å²) in [5.41, 5.74) is 10.1. The third kappa shape index (κ3) is 2.71. The van der Waals surface area contributed by atoms with Gasteiger partial charge in [-0.1, -0.05) is 28.1 Å². The maximum atomic E-state index is 13.0. The molecule has 0 spiro atoms. The van der Waals surface area contributed by atoms with Gasteiger partial charge in [-0.2, -0.15) is 9.67 Å². The fraction of sp³-hybridized carbons (Fsp3) is 0.111. The number of nitrogens with zero attached hydrogens (tertiary/aromatic N) is 5. The fourth-order valence-electron chi connectivity index (χ4n) is 2.70. The molecule has 0 amide bonds. The molecule has 7 nitrogen and oxygen atoms in total. The molecule has 0 unspecified atom stereocenters. The lowest BCUT2D eigenvalue weighted by atomic mass is 10.1. The van der Waals surface area contributed by atoms with Crippen LogP contribution in [0, 0.1) is 19.7 Å². The van der Waals surface area contributed by atoms with E-state index in [9.17, 15) is 4.39 Å². The summed E-state index contributed by atoms with van der Waals surface area (Å²) in [5.74, 6) is 0.433. The Bertz CT molecular complexity index is 1080. The summed E-state index contributed by atoms with van der Waals surface area (Å²) in [6.07, 6.45) is 0. The van der Waals surface area contributed by atoms with Gasteiger partial charge in [0.2, 0.25) is 5.82 Å². The highest BCUT2D eigenvalue weighted by Gasteiger charge is 2.20. The second-order valence-corrected chi connectivity index (χ2v) is 5.96. The third-order valence-corrected chi connectivity index (χ3v) is 4.02. The van der Waals surface area contributed by atoms with Crippen LogP contribution in [0.25, 0.3) is 28.7 Å². The van der Waals surface area contributed by atoms with Gasteiger partial charge in [-0.25, -0.2) is 4.39 Å². The lowest BCUT2D eigenvalue weighted by Crippen LogP contribution is -2.04. The van der Waals surface area contributed by atoms with E-state index in [1.807, 2.05) is 32.0 Å². The number of aryl methyl sites for hydroxylation is 2. The monoisotopic (exact) mass is 350 g/mol. The van der Waals surface area contributed by atoms with Crippen LogP contribution >= 0.6 is 0 Å². The molecule has 130 valence electrons. The fourth-order valence-corrected chi connectivity index (χ4v) is 2.70. The van der Waals surface area contributed by atoms with Gasteiger partial charge < -0.3 is 10.3 Å². The van der Waals surface area contributed by atoms with Crippen LogP contribution in [0.15, 0.2) is 47.0 Å². The smallest absolute Gasteiger partial charge is 0.282 e. The standard InChI is InChI=1S/C18H15FN6O/c1-10-3-8-14(11(2)9-10)25-16(20)15(22-24-25)18-21-17(23-26-18)12-4-6-13(19)7-5-12/h3-9H,20H2,1-2H3. The number of nitrogen functional groups attached to an aromatic ring is 1. The first-order chi connectivity index (χ1) is 12.5. The van der Waals surface area contributed by atoms with Crippen molar-refractivity contribution in [2.24, 2.45) is 0 Å². The van der Waals surface area contributed by atoms with E-state index in [-0.39, 0.29) is 11.7 Å². The molecule has 4 aromatic rings. The summed E-state index contributed by atoms with van der Waals surface area (Å²) in [4.78, 5) is 4.29. The number of nitrogens with two attached hydrogens (primary N) is 1. The largest absolute Gasteiger partial charge is 0.382 e. The summed E-state index contributed by atoms with van der Waals surface area (Å²) >= 11 is 0. The molecule has 0 aliphatic rings. The van der Waals surface area contributed by atoms with Crippen molar-refractivity contribution in [2.75, 3.05) is 5.73 Å². The van der Waals surface area contributed by atoms with Crippen LogP contribution in [0.5, 0.6) is 0 Å². The van der Waals surface area contributed by atoms with Crippen LogP contribution in [-0.2, 0) is 0 Å². The van der Waals surface area contributed by atoms with Crippen molar-refractivity contribution in [1.29, 1.82) is 0 Å². The van der Waals surface area contributed by atoms with Crippen molar-refractivity contribution in [3.8, 4) is 28.7 Å². The molecule has 2 aromatic heterocycles.